The highest BCUT2D eigenvalue weighted by Crippen LogP contribution is 2.27. The number of hydrogen-bond acceptors (Lipinski definition) is 4. The number of fused-ring (bicyclic) bond motifs is 1. The van der Waals surface area contributed by atoms with Crippen LogP contribution in [0.15, 0.2) is 60.8 Å². The summed E-state index contributed by atoms with van der Waals surface area (Å²) in [6, 6.07) is 15.6. The van der Waals surface area contributed by atoms with Gasteiger partial charge in [-0.05, 0) is 36.3 Å². The van der Waals surface area contributed by atoms with Crippen LogP contribution in [-0.4, -0.2) is 31.7 Å². The predicted molar refractivity (Wildman–Crippen MR) is 107 cm³/mol. The molecule has 1 N–H and O–H groups in total. The van der Waals surface area contributed by atoms with Crippen molar-refractivity contribution in [2.45, 2.75) is 6.42 Å². The van der Waals surface area contributed by atoms with E-state index in [-0.39, 0.29) is 5.91 Å². The molecule has 1 heterocycles. The molecule has 3 rings (SSSR count). The van der Waals surface area contributed by atoms with Gasteiger partial charge in [-0.15, -0.1) is 0 Å². The number of nitrogens with one attached hydrogen (secondary N) is 1. The van der Waals surface area contributed by atoms with E-state index in [0.29, 0.717) is 24.5 Å². The average molecular weight is 362 g/mol. The van der Waals surface area contributed by atoms with Crippen LogP contribution in [0.4, 0.5) is 0 Å². The molecule has 0 saturated heterocycles. The molecule has 0 aliphatic rings. The molecule has 138 valence electrons. The Labute approximate surface area is 158 Å². The van der Waals surface area contributed by atoms with Gasteiger partial charge in [0.05, 0.1) is 19.7 Å². The van der Waals surface area contributed by atoms with Crippen molar-refractivity contribution >= 4 is 22.9 Å². The molecule has 0 saturated carbocycles. The Bertz CT molecular complexity index is 961. The molecule has 0 spiro atoms. The van der Waals surface area contributed by atoms with Crippen molar-refractivity contribution in [1.82, 2.24) is 10.3 Å². The van der Waals surface area contributed by atoms with Gasteiger partial charge in [-0.3, -0.25) is 9.78 Å². The van der Waals surface area contributed by atoms with Gasteiger partial charge < -0.3 is 14.8 Å². The van der Waals surface area contributed by atoms with E-state index in [1.807, 2.05) is 48.5 Å². The lowest BCUT2D eigenvalue weighted by atomic mass is 10.1. The highest BCUT2D eigenvalue weighted by atomic mass is 16.5. The summed E-state index contributed by atoms with van der Waals surface area (Å²) in [4.78, 5) is 16.5. The molecular formula is C22H22N2O3. The second kappa shape index (κ2) is 8.85. The van der Waals surface area contributed by atoms with Crippen LogP contribution in [0.25, 0.3) is 17.0 Å². The van der Waals surface area contributed by atoms with Gasteiger partial charge in [0.2, 0.25) is 5.91 Å². The molecular weight excluding hydrogens is 340 g/mol. The summed E-state index contributed by atoms with van der Waals surface area (Å²) in [6.45, 7) is 0.534. The second-order valence-corrected chi connectivity index (χ2v) is 5.99. The summed E-state index contributed by atoms with van der Waals surface area (Å²) < 4.78 is 10.5. The Hall–Kier alpha value is -3.34. The molecule has 3 aromatic rings. The summed E-state index contributed by atoms with van der Waals surface area (Å²) in [5.74, 6) is 1.24. The van der Waals surface area contributed by atoms with E-state index in [1.54, 1.807) is 26.5 Å². The van der Waals surface area contributed by atoms with Gasteiger partial charge in [0.15, 0.2) is 11.5 Å². The van der Waals surface area contributed by atoms with Crippen molar-refractivity contribution in [3.8, 4) is 11.5 Å². The van der Waals surface area contributed by atoms with Gasteiger partial charge in [0, 0.05) is 29.8 Å². The fourth-order valence-corrected chi connectivity index (χ4v) is 2.85. The molecule has 1 amide bonds. The molecule has 2 aromatic carbocycles. The number of pyridine rings is 1. The number of benzene rings is 2. The number of carbonyl (C=O) groups excluding carboxylic acids is 1. The first-order valence-electron chi connectivity index (χ1n) is 8.72. The Morgan fingerprint density at radius 2 is 1.89 bits per heavy atom. The van der Waals surface area contributed by atoms with Crippen molar-refractivity contribution in [2.75, 3.05) is 20.8 Å². The smallest absolute Gasteiger partial charge is 0.244 e. The van der Waals surface area contributed by atoms with E-state index in [0.717, 1.165) is 22.0 Å². The number of rotatable bonds is 7. The lowest BCUT2D eigenvalue weighted by Crippen LogP contribution is -2.23. The molecule has 0 aliphatic carbocycles. The number of para-hydroxylation sites is 1. The largest absolute Gasteiger partial charge is 0.493 e. The first-order chi connectivity index (χ1) is 13.2. The Kier molecular flexibility index (Phi) is 6.05. The quantitative estimate of drug-likeness (QED) is 0.652. The van der Waals surface area contributed by atoms with Crippen molar-refractivity contribution in [2.24, 2.45) is 0 Å². The van der Waals surface area contributed by atoms with Crippen LogP contribution in [0.1, 0.15) is 11.1 Å². The highest BCUT2D eigenvalue weighted by molar-refractivity contribution is 5.95. The normalized spacial score (nSPS) is 10.9. The maximum Gasteiger partial charge on any atom is 0.244 e. The van der Waals surface area contributed by atoms with Crippen molar-refractivity contribution in [3.63, 3.8) is 0 Å². The number of amides is 1. The number of aromatic nitrogens is 1. The number of methoxy groups -OCH3 is 2. The molecule has 0 fully saturated rings. The van der Waals surface area contributed by atoms with E-state index >= 15 is 0 Å². The van der Waals surface area contributed by atoms with Crippen LogP contribution in [0.2, 0.25) is 0 Å². The standard InChI is InChI=1S/C22H22N2O3/c1-26-19-10-8-16(15-20(19)27-2)12-14-23-21(25)11-9-18-6-3-5-17-7-4-13-24-22(17)18/h3-11,13,15H,12,14H2,1-2H3,(H,23,25)/b11-9+. The Morgan fingerprint density at radius 1 is 1.07 bits per heavy atom. The van der Waals surface area contributed by atoms with Crippen molar-refractivity contribution < 1.29 is 14.3 Å². The van der Waals surface area contributed by atoms with E-state index in [2.05, 4.69) is 10.3 Å². The first kappa shape index (κ1) is 18.5. The number of carbonyl (C=O) groups is 1. The van der Waals surface area contributed by atoms with Crippen LogP contribution in [-0.2, 0) is 11.2 Å². The highest BCUT2D eigenvalue weighted by Gasteiger charge is 2.05. The third kappa shape index (κ3) is 4.64. The number of nitrogens with zero attached hydrogens (tertiary/aromatic N) is 1. The van der Waals surface area contributed by atoms with Crippen LogP contribution >= 0.6 is 0 Å². The lowest BCUT2D eigenvalue weighted by molar-refractivity contribution is -0.116. The van der Waals surface area contributed by atoms with E-state index in [9.17, 15) is 4.79 Å². The van der Waals surface area contributed by atoms with E-state index < -0.39 is 0 Å². The Balaban J connectivity index is 1.57. The lowest BCUT2D eigenvalue weighted by Gasteiger charge is -2.09. The molecule has 5 nitrogen and oxygen atoms in total. The summed E-state index contributed by atoms with van der Waals surface area (Å²) in [7, 11) is 3.21. The van der Waals surface area contributed by atoms with Crippen LogP contribution in [0.5, 0.6) is 11.5 Å². The topological polar surface area (TPSA) is 60.5 Å². The molecule has 0 unspecified atom stereocenters. The molecule has 0 bridgehead atoms. The maximum atomic E-state index is 12.1. The maximum absolute atomic E-state index is 12.1. The van der Waals surface area contributed by atoms with Crippen LogP contribution < -0.4 is 14.8 Å². The minimum atomic E-state index is -0.136. The van der Waals surface area contributed by atoms with Crippen LogP contribution in [0, 0.1) is 0 Å². The molecule has 5 heteroatoms. The second-order valence-electron chi connectivity index (χ2n) is 5.99. The zero-order valence-corrected chi connectivity index (χ0v) is 15.4. The van der Waals surface area contributed by atoms with Gasteiger partial charge in [-0.1, -0.05) is 30.3 Å². The van der Waals surface area contributed by atoms with E-state index in [1.165, 1.54) is 6.08 Å². The van der Waals surface area contributed by atoms with E-state index in [4.69, 9.17) is 9.47 Å². The number of hydrogen-bond donors (Lipinski definition) is 1. The van der Waals surface area contributed by atoms with Crippen LogP contribution in [0.3, 0.4) is 0 Å². The van der Waals surface area contributed by atoms with Gasteiger partial charge in [-0.25, -0.2) is 0 Å². The summed E-state index contributed by atoms with van der Waals surface area (Å²) in [5.41, 5.74) is 2.87. The third-order valence-electron chi connectivity index (χ3n) is 4.24. The Morgan fingerprint density at radius 3 is 2.70 bits per heavy atom. The fraction of sp³-hybridized carbons (Fsp3) is 0.182. The average Bonchev–Trinajstić information content (AvgIpc) is 2.72. The zero-order valence-electron chi connectivity index (χ0n) is 15.4. The molecule has 27 heavy (non-hydrogen) atoms. The minimum absolute atomic E-state index is 0.136. The monoisotopic (exact) mass is 362 g/mol. The summed E-state index contributed by atoms with van der Waals surface area (Å²) in [6.07, 6.45) is 5.79. The van der Waals surface area contributed by atoms with Crippen molar-refractivity contribution in [1.29, 1.82) is 0 Å². The van der Waals surface area contributed by atoms with Gasteiger partial charge in [0.25, 0.3) is 0 Å². The summed E-state index contributed by atoms with van der Waals surface area (Å²) in [5, 5.41) is 3.95. The zero-order chi connectivity index (χ0) is 19.1. The van der Waals surface area contributed by atoms with Gasteiger partial charge in [0.1, 0.15) is 0 Å². The molecule has 0 radical (unpaired) electrons. The first-order valence-corrected chi connectivity index (χ1v) is 8.72. The minimum Gasteiger partial charge on any atom is -0.493 e. The third-order valence-corrected chi connectivity index (χ3v) is 4.24. The van der Waals surface area contributed by atoms with Gasteiger partial charge in [-0.2, -0.15) is 0 Å². The van der Waals surface area contributed by atoms with Gasteiger partial charge >= 0.3 is 0 Å². The molecule has 0 aliphatic heterocycles. The van der Waals surface area contributed by atoms with Crippen molar-refractivity contribution in [3.05, 3.63) is 71.9 Å². The SMILES string of the molecule is COc1ccc(CCNC(=O)/C=C/c2cccc3cccnc23)cc1OC. The predicted octanol–water partition coefficient (Wildman–Crippen LogP) is 3.62. The molecule has 0 atom stereocenters. The molecule has 1 aromatic heterocycles. The fourth-order valence-electron chi connectivity index (χ4n) is 2.85. The number of ether oxygens (including phenoxy) is 2. The summed E-state index contributed by atoms with van der Waals surface area (Å²) >= 11 is 0.